The first-order chi connectivity index (χ1) is 14.7. The van der Waals surface area contributed by atoms with Crippen molar-refractivity contribution in [3.8, 4) is 0 Å². The van der Waals surface area contributed by atoms with Crippen LogP contribution in [0.2, 0.25) is 0 Å². The highest BCUT2D eigenvalue weighted by Crippen LogP contribution is 2.36. The smallest absolute Gasteiger partial charge is 0.136 e. The van der Waals surface area contributed by atoms with Gasteiger partial charge in [-0.05, 0) is 71.4 Å². The molecule has 0 bridgehead atoms. The number of furan rings is 2. The van der Waals surface area contributed by atoms with Crippen LogP contribution in [-0.4, -0.2) is 0 Å². The van der Waals surface area contributed by atoms with Gasteiger partial charge in [-0.25, -0.2) is 8.78 Å². The highest BCUT2D eigenvalue weighted by atomic mass is 19.1. The van der Waals surface area contributed by atoms with E-state index in [-0.39, 0.29) is 11.6 Å². The molecule has 4 heteroatoms. The lowest BCUT2D eigenvalue weighted by molar-refractivity contribution is 0.626. The Morgan fingerprint density at radius 1 is 0.533 bits per heavy atom. The largest absolute Gasteiger partial charge is 0.456 e. The van der Waals surface area contributed by atoms with E-state index in [0.717, 1.165) is 32.3 Å². The van der Waals surface area contributed by atoms with Crippen molar-refractivity contribution in [1.29, 1.82) is 0 Å². The Morgan fingerprint density at radius 3 is 1.30 bits per heavy atom. The first kappa shape index (κ1) is 19.6. The van der Waals surface area contributed by atoms with E-state index in [4.69, 9.17) is 8.83 Å². The molecule has 0 saturated heterocycles. The zero-order chi connectivity index (χ0) is 21.4. The average Bonchev–Trinajstić information content (AvgIpc) is 3.30. The molecule has 0 radical (unpaired) electrons. The molecule has 2 heterocycles. The molecule has 0 amide bonds. The highest BCUT2D eigenvalue weighted by Gasteiger charge is 2.13. The molecule has 0 saturated carbocycles. The summed E-state index contributed by atoms with van der Waals surface area (Å²) in [7, 11) is 0. The number of rotatable bonds is 0. The molecule has 0 aliphatic rings. The SMILES string of the molecule is C=C.CC.Fc1ccc2oc3cc4cc5c(cc4cc3c2c1)oc1ccc(F)cc15. The van der Waals surface area contributed by atoms with E-state index in [1.165, 1.54) is 24.3 Å². The van der Waals surface area contributed by atoms with E-state index in [0.29, 0.717) is 22.3 Å². The van der Waals surface area contributed by atoms with E-state index in [2.05, 4.69) is 13.2 Å². The van der Waals surface area contributed by atoms with Crippen molar-refractivity contribution in [3.05, 3.63) is 85.5 Å². The average molecular weight is 402 g/mol. The molecular weight excluding hydrogens is 382 g/mol. The fourth-order valence-corrected chi connectivity index (χ4v) is 3.74. The molecule has 4 aromatic carbocycles. The topological polar surface area (TPSA) is 26.3 Å². The number of fused-ring (bicyclic) bond motifs is 7. The zero-order valence-corrected chi connectivity index (χ0v) is 16.8. The van der Waals surface area contributed by atoms with Crippen molar-refractivity contribution in [3.63, 3.8) is 0 Å². The first-order valence-corrected chi connectivity index (χ1v) is 9.73. The molecule has 0 N–H and O–H groups in total. The van der Waals surface area contributed by atoms with Gasteiger partial charge in [0.15, 0.2) is 0 Å². The minimum atomic E-state index is -0.296. The van der Waals surface area contributed by atoms with Crippen LogP contribution in [0.25, 0.3) is 54.6 Å². The molecule has 150 valence electrons. The highest BCUT2D eigenvalue weighted by molar-refractivity contribution is 6.14. The normalized spacial score (nSPS) is 10.9. The summed E-state index contributed by atoms with van der Waals surface area (Å²) in [4.78, 5) is 0. The minimum absolute atomic E-state index is 0.296. The Kier molecular flexibility index (Phi) is 5.00. The van der Waals surface area contributed by atoms with Gasteiger partial charge in [0, 0.05) is 21.5 Å². The summed E-state index contributed by atoms with van der Waals surface area (Å²) in [5.74, 6) is -0.592. The van der Waals surface area contributed by atoms with Gasteiger partial charge in [-0.3, -0.25) is 0 Å². The lowest BCUT2D eigenvalue weighted by Gasteiger charge is -1.99. The van der Waals surface area contributed by atoms with Gasteiger partial charge in [0.05, 0.1) is 0 Å². The van der Waals surface area contributed by atoms with E-state index in [1.807, 2.05) is 38.1 Å². The Balaban J connectivity index is 0.000000516. The van der Waals surface area contributed by atoms with Gasteiger partial charge in [-0.15, -0.1) is 13.2 Å². The fourth-order valence-electron chi connectivity index (χ4n) is 3.74. The van der Waals surface area contributed by atoms with Gasteiger partial charge in [0.1, 0.15) is 34.0 Å². The van der Waals surface area contributed by atoms with Crippen LogP contribution in [-0.2, 0) is 0 Å². The standard InChI is InChI=1S/C22H10F2O2.C2H6.C2H4/c23-13-1-3-19-17(9-13)15-5-11-8-22-16(6-12(11)7-21(15)25-19)18-10-14(24)2-4-20(18)26-22;2*1-2/h1-10H;1-2H3;1-2H2. The summed E-state index contributed by atoms with van der Waals surface area (Å²) in [6.45, 7) is 10.0. The third kappa shape index (κ3) is 3.01. The van der Waals surface area contributed by atoms with Crippen LogP contribution in [0.3, 0.4) is 0 Å². The Labute approximate surface area is 172 Å². The Hall–Kier alpha value is -3.66. The zero-order valence-electron chi connectivity index (χ0n) is 16.8. The van der Waals surface area contributed by atoms with Crippen LogP contribution in [0, 0.1) is 11.6 Å². The second-order valence-electron chi connectivity index (χ2n) is 6.53. The minimum Gasteiger partial charge on any atom is -0.456 e. The molecule has 0 spiro atoms. The number of benzene rings is 4. The second-order valence-corrected chi connectivity index (χ2v) is 6.53. The number of hydrogen-bond donors (Lipinski definition) is 0. The third-order valence-corrected chi connectivity index (χ3v) is 4.94. The van der Waals surface area contributed by atoms with Crippen LogP contribution >= 0.6 is 0 Å². The van der Waals surface area contributed by atoms with Gasteiger partial charge >= 0.3 is 0 Å². The van der Waals surface area contributed by atoms with Crippen LogP contribution in [0.5, 0.6) is 0 Å². The van der Waals surface area contributed by atoms with Gasteiger partial charge in [0.2, 0.25) is 0 Å². The Morgan fingerprint density at radius 2 is 0.900 bits per heavy atom. The molecule has 0 atom stereocenters. The number of halogens is 2. The van der Waals surface area contributed by atoms with E-state index >= 15 is 0 Å². The van der Waals surface area contributed by atoms with E-state index in [9.17, 15) is 8.78 Å². The lowest BCUT2D eigenvalue weighted by atomic mass is 10.0. The van der Waals surface area contributed by atoms with Crippen molar-refractivity contribution < 1.29 is 17.6 Å². The van der Waals surface area contributed by atoms with Crippen LogP contribution < -0.4 is 0 Å². The summed E-state index contributed by atoms with van der Waals surface area (Å²) >= 11 is 0. The summed E-state index contributed by atoms with van der Waals surface area (Å²) in [6.07, 6.45) is 0. The predicted molar refractivity (Wildman–Crippen MR) is 121 cm³/mol. The predicted octanol–water partition coefficient (Wildman–Crippen LogP) is 8.75. The third-order valence-electron chi connectivity index (χ3n) is 4.94. The van der Waals surface area contributed by atoms with Crippen molar-refractivity contribution in [2.45, 2.75) is 13.8 Å². The molecule has 0 aliphatic carbocycles. The van der Waals surface area contributed by atoms with Gasteiger partial charge in [-0.2, -0.15) is 0 Å². The van der Waals surface area contributed by atoms with Gasteiger partial charge < -0.3 is 8.83 Å². The molecule has 2 aromatic heterocycles. The van der Waals surface area contributed by atoms with Gasteiger partial charge in [-0.1, -0.05) is 13.8 Å². The lowest BCUT2D eigenvalue weighted by Crippen LogP contribution is -1.76. The molecule has 2 nitrogen and oxygen atoms in total. The van der Waals surface area contributed by atoms with Gasteiger partial charge in [0.25, 0.3) is 0 Å². The molecule has 0 aliphatic heterocycles. The van der Waals surface area contributed by atoms with Crippen molar-refractivity contribution in [2.75, 3.05) is 0 Å². The monoisotopic (exact) mass is 402 g/mol. The van der Waals surface area contributed by atoms with Crippen LogP contribution in [0.15, 0.2) is 82.7 Å². The molecule has 30 heavy (non-hydrogen) atoms. The summed E-state index contributed by atoms with van der Waals surface area (Å²) in [5.41, 5.74) is 2.67. The fraction of sp³-hybridized carbons (Fsp3) is 0.0769. The first-order valence-electron chi connectivity index (χ1n) is 9.73. The molecule has 0 unspecified atom stereocenters. The van der Waals surface area contributed by atoms with E-state index in [1.54, 1.807) is 12.1 Å². The van der Waals surface area contributed by atoms with E-state index < -0.39 is 0 Å². The summed E-state index contributed by atoms with van der Waals surface area (Å²) < 4.78 is 39.0. The molecule has 6 rings (SSSR count). The maximum Gasteiger partial charge on any atom is 0.136 e. The van der Waals surface area contributed by atoms with Crippen molar-refractivity contribution in [1.82, 2.24) is 0 Å². The Bertz CT molecular complexity index is 1410. The van der Waals surface area contributed by atoms with Crippen LogP contribution in [0.4, 0.5) is 8.78 Å². The molecular formula is C26H20F2O2. The second kappa shape index (κ2) is 7.64. The summed E-state index contributed by atoms with van der Waals surface area (Å²) in [5, 5.41) is 5.11. The maximum atomic E-state index is 13.6. The van der Waals surface area contributed by atoms with Crippen molar-refractivity contribution in [2.24, 2.45) is 0 Å². The number of hydrogen-bond acceptors (Lipinski definition) is 2. The molecule has 6 aromatic rings. The quantitative estimate of drug-likeness (QED) is 0.237. The van der Waals surface area contributed by atoms with Crippen LogP contribution in [0.1, 0.15) is 13.8 Å². The van der Waals surface area contributed by atoms with Crippen molar-refractivity contribution >= 4 is 54.6 Å². The molecule has 0 fully saturated rings. The summed E-state index contributed by atoms with van der Waals surface area (Å²) in [6, 6.07) is 16.8. The maximum absolute atomic E-state index is 13.6.